The number of rotatable bonds is 1. The first kappa shape index (κ1) is 13.7. The lowest BCUT2D eigenvalue weighted by atomic mass is 10.0. The second-order valence-electron chi connectivity index (χ2n) is 4.23. The van der Waals surface area contributed by atoms with Crippen LogP contribution in [-0.4, -0.2) is 10.2 Å². The number of alkyl halides is 3. The quantitative estimate of drug-likeness (QED) is 0.784. The lowest BCUT2D eigenvalue weighted by Crippen LogP contribution is -2.04. The van der Waals surface area contributed by atoms with E-state index in [0.29, 0.717) is 15.9 Å². The van der Waals surface area contributed by atoms with Crippen LogP contribution >= 0.6 is 12.2 Å². The number of nitrogens with one attached hydrogen (secondary N) is 1. The zero-order valence-electron chi connectivity index (χ0n) is 10.3. The number of hydrogen-bond donors (Lipinski definition) is 1. The molecule has 1 aromatic heterocycles. The van der Waals surface area contributed by atoms with E-state index >= 15 is 0 Å². The van der Waals surface area contributed by atoms with Crippen molar-refractivity contribution in [2.45, 2.75) is 20.0 Å². The third kappa shape index (κ3) is 2.68. The van der Waals surface area contributed by atoms with E-state index in [4.69, 9.17) is 12.2 Å². The first-order valence-electron chi connectivity index (χ1n) is 5.54. The number of H-pyrrole nitrogens is 1. The molecule has 2 rings (SSSR count). The highest BCUT2D eigenvalue weighted by Crippen LogP contribution is 2.31. The third-order valence-electron chi connectivity index (χ3n) is 3.01. The topological polar surface area (TPSA) is 28.7 Å². The summed E-state index contributed by atoms with van der Waals surface area (Å²) in [5.41, 5.74) is 2.30. The van der Waals surface area contributed by atoms with Crippen molar-refractivity contribution in [2.24, 2.45) is 0 Å². The van der Waals surface area contributed by atoms with Crippen molar-refractivity contribution in [3.63, 3.8) is 0 Å². The standard InChI is InChI=1S/C13H11F3N2S/c1-7-8(2)12(19)18-17-11(7)9-3-5-10(6-4-9)13(14,15)16/h3-6H,1-2H3,(H,18,19). The van der Waals surface area contributed by atoms with E-state index in [1.165, 1.54) is 12.1 Å². The average molecular weight is 284 g/mol. The molecule has 0 unspecified atom stereocenters. The van der Waals surface area contributed by atoms with Crippen LogP contribution in [0.15, 0.2) is 24.3 Å². The first-order chi connectivity index (χ1) is 8.80. The van der Waals surface area contributed by atoms with E-state index in [-0.39, 0.29) is 0 Å². The van der Waals surface area contributed by atoms with Gasteiger partial charge in [-0.05, 0) is 37.1 Å². The fourth-order valence-electron chi connectivity index (χ4n) is 1.72. The van der Waals surface area contributed by atoms with Gasteiger partial charge in [-0.15, -0.1) is 0 Å². The van der Waals surface area contributed by atoms with Crippen molar-refractivity contribution in [3.8, 4) is 11.3 Å². The Hall–Kier alpha value is -1.69. The Bertz CT molecular complexity index is 657. The summed E-state index contributed by atoms with van der Waals surface area (Å²) < 4.78 is 38.0. The van der Waals surface area contributed by atoms with Crippen LogP contribution in [0.4, 0.5) is 13.2 Å². The molecule has 0 radical (unpaired) electrons. The predicted octanol–water partition coefficient (Wildman–Crippen LogP) is 4.44. The van der Waals surface area contributed by atoms with Gasteiger partial charge in [0.2, 0.25) is 0 Å². The number of aromatic amines is 1. The SMILES string of the molecule is Cc1c(-c2ccc(C(F)(F)F)cc2)n[nH]c(=S)c1C. The molecule has 19 heavy (non-hydrogen) atoms. The van der Waals surface area contributed by atoms with Crippen LogP contribution in [0.1, 0.15) is 16.7 Å². The minimum absolute atomic E-state index is 0.535. The molecule has 2 nitrogen and oxygen atoms in total. The largest absolute Gasteiger partial charge is 0.416 e. The number of hydrogen-bond acceptors (Lipinski definition) is 2. The van der Waals surface area contributed by atoms with E-state index in [1.54, 1.807) is 0 Å². The molecule has 1 aromatic carbocycles. The van der Waals surface area contributed by atoms with Crippen LogP contribution in [-0.2, 0) is 6.18 Å². The van der Waals surface area contributed by atoms with Crippen LogP contribution in [0.25, 0.3) is 11.3 Å². The van der Waals surface area contributed by atoms with Gasteiger partial charge < -0.3 is 0 Å². The molecule has 0 aliphatic carbocycles. The van der Waals surface area contributed by atoms with Crippen molar-refractivity contribution in [1.29, 1.82) is 0 Å². The molecule has 1 N–H and O–H groups in total. The lowest BCUT2D eigenvalue weighted by Gasteiger charge is -2.10. The van der Waals surface area contributed by atoms with Gasteiger partial charge in [-0.25, -0.2) is 0 Å². The summed E-state index contributed by atoms with van der Waals surface area (Å²) >= 11 is 5.05. The minimum Gasteiger partial charge on any atom is -0.267 e. The Morgan fingerprint density at radius 1 is 1.05 bits per heavy atom. The van der Waals surface area contributed by atoms with E-state index < -0.39 is 11.7 Å². The highest BCUT2D eigenvalue weighted by molar-refractivity contribution is 7.71. The van der Waals surface area contributed by atoms with Gasteiger partial charge >= 0.3 is 6.18 Å². The number of benzene rings is 1. The van der Waals surface area contributed by atoms with Crippen LogP contribution in [0.3, 0.4) is 0 Å². The molecule has 100 valence electrons. The highest BCUT2D eigenvalue weighted by atomic mass is 32.1. The second kappa shape index (κ2) is 4.77. The van der Waals surface area contributed by atoms with Crippen molar-refractivity contribution < 1.29 is 13.2 Å². The number of halogens is 3. The summed E-state index contributed by atoms with van der Waals surface area (Å²) in [6, 6.07) is 4.92. The van der Waals surface area contributed by atoms with Crippen molar-refractivity contribution in [1.82, 2.24) is 10.2 Å². The summed E-state index contributed by atoms with van der Waals surface area (Å²) in [5, 5.41) is 6.79. The monoisotopic (exact) mass is 284 g/mol. The molecule has 0 amide bonds. The van der Waals surface area contributed by atoms with Gasteiger partial charge in [0.25, 0.3) is 0 Å². The summed E-state index contributed by atoms with van der Waals surface area (Å²) in [5.74, 6) is 0. The maximum atomic E-state index is 12.5. The van der Waals surface area contributed by atoms with E-state index in [2.05, 4.69) is 10.2 Å². The molecule has 0 saturated carbocycles. The van der Waals surface area contributed by atoms with Gasteiger partial charge in [0.1, 0.15) is 4.64 Å². The summed E-state index contributed by atoms with van der Waals surface area (Å²) in [7, 11) is 0. The Morgan fingerprint density at radius 3 is 2.16 bits per heavy atom. The van der Waals surface area contributed by atoms with Crippen LogP contribution in [0, 0.1) is 18.5 Å². The molecule has 0 bridgehead atoms. The second-order valence-corrected chi connectivity index (χ2v) is 4.63. The molecule has 0 aliphatic heterocycles. The molecular formula is C13H11F3N2S. The van der Waals surface area contributed by atoms with Crippen molar-refractivity contribution in [3.05, 3.63) is 45.6 Å². The van der Waals surface area contributed by atoms with Crippen molar-refractivity contribution in [2.75, 3.05) is 0 Å². The summed E-state index contributed by atoms with van der Waals surface area (Å²) in [6.07, 6.45) is -4.33. The minimum atomic E-state index is -4.33. The van der Waals surface area contributed by atoms with E-state index in [0.717, 1.165) is 23.3 Å². The molecule has 0 aliphatic rings. The third-order valence-corrected chi connectivity index (χ3v) is 3.41. The zero-order valence-corrected chi connectivity index (χ0v) is 11.1. The Kier molecular flexibility index (Phi) is 3.45. The maximum Gasteiger partial charge on any atom is 0.416 e. The molecule has 2 aromatic rings. The van der Waals surface area contributed by atoms with Gasteiger partial charge in [-0.2, -0.15) is 18.3 Å². The van der Waals surface area contributed by atoms with Gasteiger partial charge in [0.15, 0.2) is 0 Å². The molecule has 0 fully saturated rings. The number of nitrogens with zero attached hydrogens (tertiary/aromatic N) is 1. The van der Waals surface area contributed by atoms with Crippen LogP contribution < -0.4 is 0 Å². The fraction of sp³-hybridized carbons (Fsp3) is 0.231. The normalized spacial score (nSPS) is 11.6. The van der Waals surface area contributed by atoms with Gasteiger partial charge in [-0.1, -0.05) is 24.4 Å². The lowest BCUT2D eigenvalue weighted by molar-refractivity contribution is -0.137. The Labute approximate surface area is 113 Å². The zero-order chi connectivity index (χ0) is 14.2. The van der Waals surface area contributed by atoms with Crippen LogP contribution in [0.5, 0.6) is 0 Å². The molecule has 0 saturated heterocycles. The molecule has 0 atom stereocenters. The average Bonchev–Trinajstić information content (AvgIpc) is 2.35. The molecular weight excluding hydrogens is 273 g/mol. The van der Waals surface area contributed by atoms with Gasteiger partial charge in [0, 0.05) is 5.56 Å². The van der Waals surface area contributed by atoms with Crippen LogP contribution in [0.2, 0.25) is 0 Å². The first-order valence-corrected chi connectivity index (χ1v) is 5.95. The fourth-order valence-corrected chi connectivity index (χ4v) is 1.92. The predicted molar refractivity (Wildman–Crippen MR) is 69.3 cm³/mol. The summed E-state index contributed by atoms with van der Waals surface area (Å²) in [6.45, 7) is 3.70. The van der Waals surface area contributed by atoms with E-state index in [1.807, 2.05) is 13.8 Å². The van der Waals surface area contributed by atoms with Gasteiger partial charge in [0.05, 0.1) is 11.3 Å². The highest BCUT2D eigenvalue weighted by Gasteiger charge is 2.30. The van der Waals surface area contributed by atoms with Gasteiger partial charge in [-0.3, -0.25) is 5.10 Å². The van der Waals surface area contributed by atoms with E-state index in [9.17, 15) is 13.2 Å². The smallest absolute Gasteiger partial charge is 0.267 e. The molecule has 6 heteroatoms. The Morgan fingerprint density at radius 2 is 1.63 bits per heavy atom. The summed E-state index contributed by atoms with van der Waals surface area (Å²) in [4.78, 5) is 0. The molecule has 1 heterocycles. The number of aromatic nitrogens is 2. The maximum absolute atomic E-state index is 12.5. The van der Waals surface area contributed by atoms with Crippen molar-refractivity contribution >= 4 is 12.2 Å². The molecule has 0 spiro atoms. The Balaban J connectivity index is 2.49.